The molecule has 102 valence electrons. The van der Waals surface area contributed by atoms with Gasteiger partial charge in [0, 0.05) is 13.2 Å². The number of nitrogens with two attached hydrogens (primary N) is 1. The Kier molecular flexibility index (Phi) is 6.08. The normalized spacial score (nSPS) is 14.4. The summed E-state index contributed by atoms with van der Waals surface area (Å²) in [6.45, 7) is 5.16. The van der Waals surface area contributed by atoms with E-state index in [-0.39, 0.29) is 12.4 Å². The second kappa shape index (κ2) is 6.32. The molecule has 0 bridgehead atoms. The molecule has 7 heteroatoms. The average molecular weight is 267 g/mol. The smallest absolute Gasteiger partial charge is 0.321 e. The molecule has 0 heterocycles. The summed E-state index contributed by atoms with van der Waals surface area (Å²) in [6.07, 6.45) is 0. The van der Waals surface area contributed by atoms with Gasteiger partial charge in [-0.15, -0.1) is 0 Å². The predicted molar refractivity (Wildman–Crippen MR) is 64.4 cm³/mol. The topological polar surface area (TPSA) is 95.7 Å². The van der Waals surface area contributed by atoms with Crippen molar-refractivity contribution in [3.8, 4) is 0 Å². The van der Waals surface area contributed by atoms with Crippen LogP contribution in [0, 0.1) is 0 Å². The van der Waals surface area contributed by atoms with E-state index in [1.807, 2.05) is 0 Å². The van der Waals surface area contributed by atoms with Gasteiger partial charge in [-0.2, -0.15) is 0 Å². The molecule has 0 aliphatic carbocycles. The fourth-order valence-electron chi connectivity index (χ4n) is 1.07. The van der Waals surface area contributed by atoms with E-state index >= 15 is 0 Å². The lowest BCUT2D eigenvalue weighted by Gasteiger charge is -2.29. The molecule has 0 aromatic rings. The zero-order valence-corrected chi connectivity index (χ0v) is 11.5. The van der Waals surface area contributed by atoms with E-state index in [1.165, 1.54) is 7.11 Å². The van der Waals surface area contributed by atoms with Crippen LogP contribution in [0.3, 0.4) is 0 Å². The summed E-state index contributed by atoms with van der Waals surface area (Å²) < 4.78 is 33.0. The highest BCUT2D eigenvalue weighted by Crippen LogP contribution is 2.13. The van der Waals surface area contributed by atoms with Crippen LogP contribution >= 0.6 is 0 Å². The van der Waals surface area contributed by atoms with Gasteiger partial charge in [0.05, 0.1) is 18.0 Å². The van der Waals surface area contributed by atoms with Gasteiger partial charge in [0.2, 0.25) is 0 Å². The molecular formula is C10H21NO5S. The van der Waals surface area contributed by atoms with E-state index in [4.69, 9.17) is 10.5 Å². The molecule has 0 aromatic carbocycles. The molecule has 0 saturated heterocycles. The van der Waals surface area contributed by atoms with Gasteiger partial charge in [0.25, 0.3) is 0 Å². The van der Waals surface area contributed by atoms with Crippen LogP contribution in [0.25, 0.3) is 0 Å². The Hall–Kier alpha value is -0.660. The number of hydrogen-bond donors (Lipinski definition) is 1. The van der Waals surface area contributed by atoms with Crippen molar-refractivity contribution in [2.24, 2.45) is 5.73 Å². The van der Waals surface area contributed by atoms with Crippen LogP contribution in [0.1, 0.15) is 20.8 Å². The Balaban J connectivity index is 4.51. The first kappa shape index (κ1) is 16.3. The Morgan fingerprint density at radius 2 is 1.94 bits per heavy atom. The molecule has 0 fully saturated rings. The van der Waals surface area contributed by atoms with Gasteiger partial charge < -0.3 is 15.2 Å². The average Bonchev–Trinajstić information content (AvgIpc) is 2.16. The van der Waals surface area contributed by atoms with Crippen LogP contribution in [0.5, 0.6) is 0 Å². The lowest BCUT2D eigenvalue weighted by molar-refractivity contribution is -0.139. The third-order valence-corrected chi connectivity index (χ3v) is 4.04. The monoisotopic (exact) mass is 267 g/mol. The van der Waals surface area contributed by atoms with Gasteiger partial charge in [-0.3, -0.25) is 4.79 Å². The number of esters is 1. The SMILES string of the molecule is CCOC(=O)CS(=O)(=O)CC(N)C(C)(C)OC. The molecule has 0 spiro atoms. The van der Waals surface area contributed by atoms with E-state index in [9.17, 15) is 13.2 Å². The van der Waals surface area contributed by atoms with Gasteiger partial charge in [-0.25, -0.2) is 8.42 Å². The first-order valence-corrected chi connectivity index (χ1v) is 7.13. The molecule has 1 atom stereocenters. The maximum atomic E-state index is 11.7. The lowest BCUT2D eigenvalue weighted by atomic mass is 10.0. The van der Waals surface area contributed by atoms with Crippen molar-refractivity contribution < 1.29 is 22.7 Å². The van der Waals surface area contributed by atoms with Crippen LogP contribution in [0.15, 0.2) is 0 Å². The van der Waals surface area contributed by atoms with Crippen LogP contribution in [-0.4, -0.2) is 51.3 Å². The molecule has 0 amide bonds. The summed E-state index contributed by atoms with van der Waals surface area (Å²) in [5, 5.41) is 0. The number of methoxy groups -OCH3 is 1. The summed E-state index contributed by atoms with van der Waals surface area (Å²) in [5.74, 6) is -1.71. The van der Waals surface area contributed by atoms with E-state index in [0.717, 1.165) is 0 Å². The standard InChI is InChI=1S/C10H21NO5S/c1-5-16-9(12)7-17(13,14)6-8(11)10(2,3)15-4/h8H,5-7,11H2,1-4H3. The van der Waals surface area contributed by atoms with E-state index in [0.29, 0.717) is 0 Å². The fraction of sp³-hybridized carbons (Fsp3) is 0.900. The van der Waals surface area contributed by atoms with Crippen molar-refractivity contribution in [3.63, 3.8) is 0 Å². The van der Waals surface area contributed by atoms with E-state index in [1.54, 1.807) is 20.8 Å². The first-order chi connectivity index (χ1) is 7.64. The van der Waals surface area contributed by atoms with Gasteiger partial charge in [-0.1, -0.05) is 0 Å². The molecule has 1 unspecified atom stereocenters. The van der Waals surface area contributed by atoms with Crippen LogP contribution in [0.4, 0.5) is 0 Å². The zero-order valence-electron chi connectivity index (χ0n) is 10.7. The minimum absolute atomic E-state index is 0.157. The lowest BCUT2D eigenvalue weighted by Crippen LogP contribution is -2.49. The maximum Gasteiger partial charge on any atom is 0.321 e. The molecular weight excluding hydrogens is 246 g/mol. The second-order valence-electron chi connectivity index (χ2n) is 4.27. The van der Waals surface area contributed by atoms with Gasteiger partial charge >= 0.3 is 5.97 Å². The third-order valence-electron chi connectivity index (χ3n) is 2.50. The minimum atomic E-state index is -3.58. The summed E-state index contributed by atoms with van der Waals surface area (Å²) in [5.41, 5.74) is 4.98. The molecule has 0 rings (SSSR count). The van der Waals surface area contributed by atoms with Crippen molar-refractivity contribution in [1.82, 2.24) is 0 Å². The summed E-state index contributed by atoms with van der Waals surface area (Å²) in [4.78, 5) is 11.1. The highest BCUT2D eigenvalue weighted by Gasteiger charge is 2.31. The first-order valence-electron chi connectivity index (χ1n) is 5.31. The highest BCUT2D eigenvalue weighted by molar-refractivity contribution is 7.92. The molecule has 0 saturated carbocycles. The number of carbonyl (C=O) groups excluding carboxylic acids is 1. The largest absolute Gasteiger partial charge is 0.465 e. The van der Waals surface area contributed by atoms with Crippen molar-refractivity contribution >= 4 is 15.8 Å². The van der Waals surface area contributed by atoms with Crippen molar-refractivity contribution in [2.75, 3.05) is 25.2 Å². The zero-order chi connectivity index (χ0) is 13.7. The van der Waals surface area contributed by atoms with Gasteiger partial charge in [0.15, 0.2) is 9.84 Å². The van der Waals surface area contributed by atoms with E-state index in [2.05, 4.69) is 4.74 Å². The van der Waals surface area contributed by atoms with Gasteiger partial charge in [0.1, 0.15) is 5.75 Å². The second-order valence-corrected chi connectivity index (χ2v) is 6.38. The van der Waals surface area contributed by atoms with E-state index < -0.39 is 33.2 Å². The number of sulfone groups is 1. The minimum Gasteiger partial charge on any atom is -0.465 e. The molecule has 0 radical (unpaired) electrons. The van der Waals surface area contributed by atoms with Crippen molar-refractivity contribution in [1.29, 1.82) is 0 Å². The summed E-state index contributed by atoms with van der Waals surface area (Å²) in [7, 11) is -2.12. The van der Waals surface area contributed by atoms with Crippen molar-refractivity contribution in [2.45, 2.75) is 32.4 Å². The number of ether oxygens (including phenoxy) is 2. The molecule has 0 aromatic heterocycles. The molecule has 0 aliphatic rings. The van der Waals surface area contributed by atoms with Crippen LogP contribution < -0.4 is 5.73 Å². The molecule has 17 heavy (non-hydrogen) atoms. The summed E-state index contributed by atoms with van der Waals surface area (Å²) >= 11 is 0. The Morgan fingerprint density at radius 1 is 1.41 bits per heavy atom. The maximum absolute atomic E-state index is 11.7. The molecule has 0 aliphatic heterocycles. The number of rotatable bonds is 7. The van der Waals surface area contributed by atoms with Gasteiger partial charge in [-0.05, 0) is 20.8 Å². The quantitative estimate of drug-likeness (QED) is 0.637. The highest BCUT2D eigenvalue weighted by atomic mass is 32.2. The Labute approximate surface area is 102 Å². The fourth-order valence-corrected chi connectivity index (χ4v) is 2.58. The molecule has 2 N–H and O–H groups in total. The Bertz CT molecular complexity index is 350. The predicted octanol–water partition coefficient (Wildman–Crippen LogP) is -0.283. The number of carbonyl (C=O) groups is 1. The Morgan fingerprint density at radius 3 is 2.35 bits per heavy atom. The summed E-state index contributed by atoms with van der Waals surface area (Å²) in [6, 6.07) is -0.702. The van der Waals surface area contributed by atoms with Crippen LogP contribution in [-0.2, 0) is 24.1 Å². The third kappa shape index (κ3) is 5.99. The molecule has 6 nitrogen and oxygen atoms in total. The number of hydrogen-bond acceptors (Lipinski definition) is 6. The van der Waals surface area contributed by atoms with Crippen LogP contribution in [0.2, 0.25) is 0 Å². The van der Waals surface area contributed by atoms with Crippen molar-refractivity contribution in [3.05, 3.63) is 0 Å².